The second-order valence-corrected chi connectivity index (χ2v) is 5.61. The van der Waals surface area contributed by atoms with Crippen molar-refractivity contribution in [2.24, 2.45) is 0 Å². The summed E-state index contributed by atoms with van der Waals surface area (Å²) in [4.78, 5) is 11.1. The Bertz CT molecular complexity index is 250. The molecule has 0 aromatic carbocycles. The highest BCUT2D eigenvalue weighted by atomic mass is 16.6. The van der Waals surface area contributed by atoms with Crippen molar-refractivity contribution in [3.05, 3.63) is 0 Å². The van der Waals surface area contributed by atoms with Crippen molar-refractivity contribution in [2.75, 3.05) is 6.61 Å². The van der Waals surface area contributed by atoms with Crippen molar-refractivity contribution in [3.8, 4) is 0 Å². The molecule has 0 amide bonds. The molecule has 0 bridgehead atoms. The van der Waals surface area contributed by atoms with Gasteiger partial charge in [-0.3, -0.25) is 4.79 Å². The molecule has 1 aliphatic heterocycles. The molecule has 0 radical (unpaired) electrons. The Hall–Kier alpha value is -0.410. The predicted molar refractivity (Wildman–Crippen MR) is 61.4 cm³/mol. The molecule has 2 fully saturated rings. The molecule has 0 N–H and O–H groups in total. The van der Waals surface area contributed by atoms with Gasteiger partial charge in [-0.15, -0.1) is 0 Å². The van der Waals surface area contributed by atoms with Crippen molar-refractivity contribution in [1.82, 2.24) is 0 Å². The van der Waals surface area contributed by atoms with Gasteiger partial charge in [-0.05, 0) is 39.5 Å². The number of rotatable bonds is 3. The van der Waals surface area contributed by atoms with Crippen LogP contribution in [0.15, 0.2) is 0 Å². The normalized spacial score (nSPS) is 30.9. The number of ketones is 1. The molecular weight excluding hydrogens is 204 g/mol. The second-order valence-electron chi connectivity index (χ2n) is 5.61. The number of ether oxygens (including phenoxy) is 2. The van der Waals surface area contributed by atoms with Gasteiger partial charge in [-0.25, -0.2) is 0 Å². The van der Waals surface area contributed by atoms with Crippen molar-refractivity contribution >= 4 is 5.78 Å². The van der Waals surface area contributed by atoms with Crippen molar-refractivity contribution in [3.63, 3.8) is 0 Å². The lowest BCUT2D eigenvalue weighted by Crippen LogP contribution is -2.27. The molecule has 92 valence electrons. The molecule has 3 heteroatoms. The Morgan fingerprint density at radius 3 is 2.56 bits per heavy atom. The van der Waals surface area contributed by atoms with Gasteiger partial charge in [0.05, 0.1) is 24.4 Å². The van der Waals surface area contributed by atoms with E-state index in [0.29, 0.717) is 25.2 Å². The zero-order valence-electron chi connectivity index (χ0n) is 10.3. The first-order valence-electron chi connectivity index (χ1n) is 6.36. The molecule has 1 saturated carbocycles. The molecule has 16 heavy (non-hydrogen) atoms. The van der Waals surface area contributed by atoms with Crippen molar-refractivity contribution in [1.29, 1.82) is 0 Å². The van der Waals surface area contributed by atoms with Crippen molar-refractivity contribution < 1.29 is 14.3 Å². The highest BCUT2D eigenvalue weighted by Gasteiger charge is 2.32. The lowest BCUT2D eigenvalue weighted by molar-refractivity contribution is -0.124. The summed E-state index contributed by atoms with van der Waals surface area (Å²) in [5.74, 6) is 0.387. The molecule has 1 saturated heterocycles. The molecule has 1 unspecified atom stereocenters. The minimum absolute atomic E-state index is 0.0244. The van der Waals surface area contributed by atoms with Gasteiger partial charge in [-0.2, -0.15) is 0 Å². The van der Waals surface area contributed by atoms with Gasteiger partial charge in [0.1, 0.15) is 5.78 Å². The summed E-state index contributed by atoms with van der Waals surface area (Å²) in [7, 11) is 0. The van der Waals surface area contributed by atoms with Gasteiger partial charge in [-0.1, -0.05) is 0 Å². The Balaban J connectivity index is 1.66. The van der Waals surface area contributed by atoms with Gasteiger partial charge in [0.25, 0.3) is 0 Å². The van der Waals surface area contributed by atoms with Crippen LogP contribution in [0.4, 0.5) is 0 Å². The topological polar surface area (TPSA) is 35.5 Å². The van der Waals surface area contributed by atoms with Crippen LogP contribution in [-0.2, 0) is 14.3 Å². The van der Waals surface area contributed by atoms with E-state index < -0.39 is 0 Å². The first-order chi connectivity index (χ1) is 7.55. The third-order valence-electron chi connectivity index (χ3n) is 3.56. The van der Waals surface area contributed by atoms with Gasteiger partial charge in [0, 0.05) is 12.8 Å². The Labute approximate surface area is 97.5 Å². The zero-order chi connectivity index (χ0) is 11.6. The summed E-state index contributed by atoms with van der Waals surface area (Å²) in [6.45, 7) is 4.96. The van der Waals surface area contributed by atoms with Gasteiger partial charge >= 0.3 is 0 Å². The molecule has 1 aliphatic carbocycles. The molecule has 1 atom stereocenters. The summed E-state index contributed by atoms with van der Waals surface area (Å²) in [6.07, 6.45) is 5.94. The van der Waals surface area contributed by atoms with E-state index in [0.717, 1.165) is 25.7 Å². The van der Waals surface area contributed by atoms with E-state index in [9.17, 15) is 4.79 Å². The third kappa shape index (κ3) is 3.29. The van der Waals surface area contributed by atoms with Gasteiger partial charge in [0.2, 0.25) is 0 Å². The SMILES string of the molecule is CC1(C)CCC(COC2CCC(=O)CC2)O1. The Morgan fingerprint density at radius 1 is 1.31 bits per heavy atom. The van der Waals surface area contributed by atoms with E-state index in [1.54, 1.807) is 0 Å². The van der Waals surface area contributed by atoms with E-state index in [4.69, 9.17) is 9.47 Å². The molecule has 2 rings (SSSR count). The number of carbonyl (C=O) groups excluding carboxylic acids is 1. The number of carbonyl (C=O) groups is 1. The Kier molecular flexibility index (Phi) is 3.65. The van der Waals surface area contributed by atoms with E-state index in [-0.39, 0.29) is 17.8 Å². The fourth-order valence-electron chi connectivity index (χ4n) is 2.52. The highest BCUT2D eigenvalue weighted by molar-refractivity contribution is 5.79. The average Bonchev–Trinajstić information content (AvgIpc) is 2.58. The smallest absolute Gasteiger partial charge is 0.133 e. The standard InChI is InChI=1S/C13H22O3/c1-13(2)8-7-12(16-13)9-15-11-5-3-10(14)4-6-11/h11-12H,3-9H2,1-2H3. The Morgan fingerprint density at radius 2 is 2.00 bits per heavy atom. The van der Waals surface area contributed by atoms with Crippen LogP contribution in [0.5, 0.6) is 0 Å². The van der Waals surface area contributed by atoms with E-state index in [1.807, 2.05) is 0 Å². The van der Waals surface area contributed by atoms with Crippen LogP contribution in [0.1, 0.15) is 52.4 Å². The first kappa shape index (κ1) is 12.1. The number of hydrogen-bond donors (Lipinski definition) is 0. The largest absolute Gasteiger partial charge is 0.376 e. The zero-order valence-corrected chi connectivity index (χ0v) is 10.3. The summed E-state index contributed by atoms with van der Waals surface area (Å²) in [5, 5.41) is 0. The van der Waals surface area contributed by atoms with Crippen LogP contribution in [0.3, 0.4) is 0 Å². The maximum atomic E-state index is 11.1. The van der Waals surface area contributed by atoms with Crippen LogP contribution in [0.25, 0.3) is 0 Å². The molecule has 0 spiro atoms. The molecule has 0 aromatic heterocycles. The fourth-order valence-corrected chi connectivity index (χ4v) is 2.52. The van der Waals surface area contributed by atoms with Crippen molar-refractivity contribution in [2.45, 2.75) is 70.2 Å². The van der Waals surface area contributed by atoms with Gasteiger partial charge in [0.15, 0.2) is 0 Å². The molecule has 0 aromatic rings. The third-order valence-corrected chi connectivity index (χ3v) is 3.56. The minimum Gasteiger partial charge on any atom is -0.376 e. The second kappa shape index (κ2) is 4.84. The van der Waals surface area contributed by atoms with E-state index >= 15 is 0 Å². The van der Waals surface area contributed by atoms with Crippen LogP contribution in [0, 0.1) is 0 Å². The lowest BCUT2D eigenvalue weighted by atomic mass is 9.96. The molecule has 2 aliphatic rings. The number of hydrogen-bond acceptors (Lipinski definition) is 3. The maximum Gasteiger partial charge on any atom is 0.133 e. The fraction of sp³-hybridized carbons (Fsp3) is 0.923. The summed E-state index contributed by atoms with van der Waals surface area (Å²) in [5.41, 5.74) is 0.0244. The van der Waals surface area contributed by atoms with E-state index in [2.05, 4.69) is 13.8 Å². The minimum atomic E-state index is 0.0244. The highest BCUT2D eigenvalue weighted by Crippen LogP contribution is 2.30. The van der Waals surface area contributed by atoms with E-state index in [1.165, 1.54) is 0 Å². The van der Waals surface area contributed by atoms with Crippen LogP contribution >= 0.6 is 0 Å². The maximum absolute atomic E-state index is 11.1. The molecule has 3 nitrogen and oxygen atoms in total. The lowest BCUT2D eigenvalue weighted by Gasteiger charge is -2.24. The van der Waals surface area contributed by atoms with Crippen LogP contribution in [-0.4, -0.2) is 30.2 Å². The average molecular weight is 226 g/mol. The summed E-state index contributed by atoms with van der Waals surface area (Å²) < 4.78 is 11.7. The summed E-state index contributed by atoms with van der Waals surface area (Å²) in [6, 6.07) is 0. The number of Topliss-reactive ketones (excluding diaryl/α,β-unsaturated/α-hetero) is 1. The summed E-state index contributed by atoms with van der Waals surface area (Å²) >= 11 is 0. The predicted octanol–water partition coefficient (Wildman–Crippen LogP) is 2.47. The molecule has 1 heterocycles. The molecular formula is C13H22O3. The van der Waals surface area contributed by atoms with Crippen LogP contribution in [0.2, 0.25) is 0 Å². The van der Waals surface area contributed by atoms with Gasteiger partial charge < -0.3 is 9.47 Å². The monoisotopic (exact) mass is 226 g/mol. The quantitative estimate of drug-likeness (QED) is 0.741. The first-order valence-corrected chi connectivity index (χ1v) is 6.36. The van der Waals surface area contributed by atoms with Crippen LogP contribution < -0.4 is 0 Å².